The van der Waals surface area contributed by atoms with Crippen LogP contribution in [0.5, 0.6) is 0 Å². The molecule has 2 heterocycles. The molecule has 0 bridgehead atoms. The van der Waals surface area contributed by atoms with Gasteiger partial charge in [-0.2, -0.15) is 0 Å². The fourth-order valence-electron chi connectivity index (χ4n) is 2.49. The molecule has 152 valence electrons. The highest BCUT2D eigenvalue weighted by Crippen LogP contribution is 2.34. The molecule has 0 aliphatic heterocycles. The number of thioether (sulfide) groups is 1. The third-order valence-corrected chi connectivity index (χ3v) is 7.23. The Balaban J connectivity index is 1.48. The van der Waals surface area contributed by atoms with Crippen LogP contribution in [0.4, 0.5) is 15.2 Å². The van der Waals surface area contributed by atoms with Crippen LogP contribution in [0.25, 0.3) is 10.2 Å². The first-order valence-corrected chi connectivity index (χ1v) is 11.7. The van der Waals surface area contributed by atoms with Gasteiger partial charge < -0.3 is 5.32 Å². The topological polar surface area (TPSA) is 67.2 Å². The molecule has 0 fully saturated rings. The van der Waals surface area contributed by atoms with Gasteiger partial charge >= 0.3 is 0 Å². The van der Waals surface area contributed by atoms with Crippen molar-refractivity contribution in [3.8, 4) is 0 Å². The summed E-state index contributed by atoms with van der Waals surface area (Å²) in [5.41, 5.74) is 1.73. The van der Waals surface area contributed by atoms with Crippen molar-refractivity contribution in [3.63, 3.8) is 0 Å². The molecule has 0 aliphatic carbocycles. The molecule has 10 heteroatoms. The summed E-state index contributed by atoms with van der Waals surface area (Å²) in [6.07, 6.45) is 3.06. The second-order valence-corrected chi connectivity index (χ2v) is 10.0. The Morgan fingerprint density at radius 1 is 1.37 bits per heavy atom. The quantitative estimate of drug-likeness (QED) is 0.257. The number of hydrogen-bond acceptors (Lipinski definition) is 7. The minimum Gasteiger partial charge on any atom is -0.301 e. The zero-order valence-corrected chi connectivity index (χ0v) is 18.7. The molecule has 0 saturated heterocycles. The van der Waals surface area contributed by atoms with Crippen molar-refractivity contribution in [2.75, 3.05) is 5.32 Å². The summed E-state index contributed by atoms with van der Waals surface area (Å²) in [7, 11) is 0. The van der Waals surface area contributed by atoms with E-state index in [-0.39, 0.29) is 16.7 Å². The SMILES string of the molecule is C[C@@H](Sc1nc2ccc(N=Cc3c(F)cccc3Cl)cc2s1)C(=O)Nc1nccs1. The number of aliphatic imine (C=N–C) groups is 1. The molecule has 0 radical (unpaired) electrons. The zero-order chi connectivity index (χ0) is 21.1. The number of carbonyl (C=O) groups is 1. The summed E-state index contributed by atoms with van der Waals surface area (Å²) in [5, 5.41) is 5.16. The van der Waals surface area contributed by atoms with Crippen LogP contribution in [0.2, 0.25) is 5.02 Å². The number of hydrogen-bond donors (Lipinski definition) is 1. The van der Waals surface area contributed by atoms with Crippen molar-refractivity contribution in [1.82, 2.24) is 9.97 Å². The number of carbonyl (C=O) groups excluding carboxylic acids is 1. The van der Waals surface area contributed by atoms with Crippen LogP contribution in [0.1, 0.15) is 12.5 Å². The second-order valence-electron chi connectivity index (χ2n) is 6.11. The van der Waals surface area contributed by atoms with Gasteiger partial charge in [0.25, 0.3) is 0 Å². The number of thiazole rings is 2. The van der Waals surface area contributed by atoms with Crippen LogP contribution in [-0.2, 0) is 4.79 Å². The predicted octanol–water partition coefficient (Wildman–Crippen LogP) is 6.42. The monoisotopic (exact) mass is 476 g/mol. The molecule has 1 N–H and O–H groups in total. The van der Waals surface area contributed by atoms with Gasteiger partial charge in [-0.15, -0.1) is 22.7 Å². The largest absolute Gasteiger partial charge is 0.301 e. The van der Waals surface area contributed by atoms with E-state index in [4.69, 9.17) is 11.6 Å². The molecule has 0 aliphatic rings. The predicted molar refractivity (Wildman–Crippen MR) is 124 cm³/mol. The van der Waals surface area contributed by atoms with E-state index in [0.717, 1.165) is 14.6 Å². The van der Waals surface area contributed by atoms with Gasteiger partial charge in [-0.3, -0.25) is 9.79 Å². The molecule has 1 atom stereocenters. The number of halogens is 2. The molecule has 0 saturated carbocycles. The fourth-order valence-corrected chi connectivity index (χ4v) is 5.48. The number of fused-ring (bicyclic) bond motifs is 1. The van der Waals surface area contributed by atoms with E-state index >= 15 is 0 Å². The van der Waals surface area contributed by atoms with Crippen LogP contribution < -0.4 is 5.32 Å². The number of aromatic nitrogens is 2. The van der Waals surface area contributed by atoms with E-state index in [1.54, 1.807) is 29.8 Å². The van der Waals surface area contributed by atoms with Crippen molar-refractivity contribution in [2.45, 2.75) is 16.5 Å². The maximum absolute atomic E-state index is 13.9. The molecule has 2 aromatic carbocycles. The molecule has 5 nitrogen and oxygen atoms in total. The normalized spacial score (nSPS) is 12.5. The van der Waals surface area contributed by atoms with Crippen molar-refractivity contribution in [3.05, 3.63) is 64.4 Å². The van der Waals surface area contributed by atoms with E-state index in [9.17, 15) is 9.18 Å². The van der Waals surface area contributed by atoms with Crippen molar-refractivity contribution in [1.29, 1.82) is 0 Å². The van der Waals surface area contributed by atoms with E-state index in [2.05, 4.69) is 20.3 Å². The van der Waals surface area contributed by atoms with Gasteiger partial charge in [0.1, 0.15) is 5.82 Å². The van der Waals surface area contributed by atoms with Crippen molar-refractivity contribution < 1.29 is 9.18 Å². The minimum absolute atomic E-state index is 0.124. The Morgan fingerprint density at radius 2 is 2.23 bits per heavy atom. The van der Waals surface area contributed by atoms with E-state index in [0.29, 0.717) is 15.8 Å². The zero-order valence-electron chi connectivity index (χ0n) is 15.5. The third kappa shape index (κ3) is 4.86. The first-order valence-electron chi connectivity index (χ1n) is 8.75. The van der Waals surface area contributed by atoms with Crippen LogP contribution in [0, 0.1) is 5.82 Å². The van der Waals surface area contributed by atoms with E-state index in [1.807, 2.05) is 19.1 Å². The average molecular weight is 477 g/mol. The summed E-state index contributed by atoms with van der Waals surface area (Å²) in [4.78, 5) is 25.3. The maximum atomic E-state index is 13.9. The van der Waals surface area contributed by atoms with Crippen molar-refractivity contribution in [2.24, 2.45) is 4.99 Å². The number of benzene rings is 2. The molecule has 4 aromatic rings. The Hall–Kier alpha value is -2.33. The first kappa shape index (κ1) is 20.9. The van der Waals surface area contributed by atoms with Gasteiger partial charge in [-0.1, -0.05) is 29.4 Å². The Morgan fingerprint density at radius 3 is 3.00 bits per heavy atom. The van der Waals surface area contributed by atoms with Gasteiger partial charge in [-0.05, 0) is 37.3 Å². The highest BCUT2D eigenvalue weighted by molar-refractivity contribution is 8.02. The van der Waals surface area contributed by atoms with Crippen LogP contribution in [0.3, 0.4) is 0 Å². The van der Waals surface area contributed by atoms with Crippen LogP contribution in [-0.4, -0.2) is 27.3 Å². The number of anilines is 1. The minimum atomic E-state index is -0.422. The molecular weight excluding hydrogens is 463 g/mol. The maximum Gasteiger partial charge on any atom is 0.239 e. The smallest absolute Gasteiger partial charge is 0.239 e. The second kappa shape index (κ2) is 9.22. The summed E-state index contributed by atoms with van der Waals surface area (Å²) >= 11 is 10.3. The number of rotatable bonds is 6. The Kier molecular flexibility index (Phi) is 6.43. The molecule has 2 aromatic heterocycles. The van der Waals surface area contributed by atoms with Gasteiger partial charge in [0, 0.05) is 23.4 Å². The standard InChI is InChI=1S/C20H14ClFN4OS3/c1-11(18(27)26-19-23-7-8-28-19)29-20-25-16-6-5-12(9-17(16)30-20)24-10-13-14(21)3-2-4-15(13)22/h2-11H,1H3,(H,23,26,27)/t11-/m1/s1. The number of nitrogens with zero attached hydrogens (tertiary/aromatic N) is 3. The summed E-state index contributed by atoms with van der Waals surface area (Å²) in [5.74, 6) is -0.546. The summed E-state index contributed by atoms with van der Waals surface area (Å²) < 4.78 is 15.6. The number of nitrogens with one attached hydrogen (secondary N) is 1. The van der Waals surface area contributed by atoms with Crippen LogP contribution >= 0.6 is 46.0 Å². The Labute approximate surface area is 189 Å². The van der Waals surface area contributed by atoms with E-state index in [1.165, 1.54) is 46.7 Å². The lowest BCUT2D eigenvalue weighted by Gasteiger charge is -2.07. The van der Waals surface area contributed by atoms with Gasteiger partial charge in [0.05, 0.1) is 26.2 Å². The summed E-state index contributed by atoms with van der Waals surface area (Å²) in [6.45, 7) is 1.83. The molecule has 4 rings (SSSR count). The lowest BCUT2D eigenvalue weighted by atomic mass is 10.2. The average Bonchev–Trinajstić information content (AvgIpc) is 3.36. The number of amides is 1. The lowest BCUT2D eigenvalue weighted by molar-refractivity contribution is -0.115. The highest BCUT2D eigenvalue weighted by Gasteiger charge is 2.18. The molecular formula is C20H14ClFN4OS3. The lowest BCUT2D eigenvalue weighted by Crippen LogP contribution is -2.22. The summed E-state index contributed by atoms with van der Waals surface area (Å²) in [6, 6.07) is 10.0. The molecule has 1 amide bonds. The highest BCUT2D eigenvalue weighted by atomic mass is 35.5. The molecule has 30 heavy (non-hydrogen) atoms. The first-order chi connectivity index (χ1) is 14.5. The van der Waals surface area contributed by atoms with Gasteiger partial charge in [-0.25, -0.2) is 14.4 Å². The van der Waals surface area contributed by atoms with Crippen molar-refractivity contribution >= 4 is 79.2 Å². The molecule has 0 spiro atoms. The van der Waals surface area contributed by atoms with Gasteiger partial charge in [0.15, 0.2) is 9.47 Å². The Bertz CT molecular complexity index is 1210. The van der Waals surface area contributed by atoms with Gasteiger partial charge in [0.2, 0.25) is 5.91 Å². The third-order valence-electron chi connectivity index (χ3n) is 4.00. The molecule has 0 unspecified atom stereocenters. The fraction of sp³-hybridized carbons (Fsp3) is 0.100. The van der Waals surface area contributed by atoms with Crippen LogP contribution in [0.15, 0.2) is 57.3 Å². The van der Waals surface area contributed by atoms with E-state index < -0.39 is 5.82 Å².